The monoisotopic (exact) mass is 326 g/mol. The molecule has 1 N–H and O–H groups in total. The molecule has 0 aliphatic rings. The Morgan fingerprint density at radius 2 is 2.26 bits per heavy atom. The quantitative estimate of drug-likeness (QED) is 0.920. The van der Waals surface area contributed by atoms with Crippen molar-refractivity contribution in [2.75, 3.05) is 7.11 Å². The number of halogens is 1. The minimum Gasteiger partial charge on any atom is -0.496 e. The van der Waals surface area contributed by atoms with Crippen molar-refractivity contribution < 1.29 is 14.6 Å². The van der Waals surface area contributed by atoms with Gasteiger partial charge in [0.1, 0.15) is 5.75 Å². The van der Waals surface area contributed by atoms with Crippen molar-refractivity contribution in [1.29, 1.82) is 0 Å². The average Bonchev–Trinajstić information content (AvgIpc) is 2.86. The highest BCUT2D eigenvalue weighted by Gasteiger charge is 2.22. The van der Waals surface area contributed by atoms with Crippen LogP contribution in [0.3, 0.4) is 0 Å². The molecule has 0 spiro atoms. The number of tetrazole rings is 1. The van der Waals surface area contributed by atoms with Crippen LogP contribution in [0.15, 0.2) is 22.7 Å². The highest BCUT2D eigenvalue weighted by Crippen LogP contribution is 2.31. The molecule has 0 saturated heterocycles. The van der Waals surface area contributed by atoms with Gasteiger partial charge in [0.05, 0.1) is 12.7 Å². The van der Waals surface area contributed by atoms with E-state index in [1.165, 1.54) is 18.7 Å². The van der Waals surface area contributed by atoms with Gasteiger partial charge < -0.3 is 9.84 Å². The highest BCUT2D eigenvalue weighted by molar-refractivity contribution is 9.10. The molecule has 100 valence electrons. The van der Waals surface area contributed by atoms with Crippen molar-refractivity contribution >= 4 is 21.9 Å². The summed E-state index contributed by atoms with van der Waals surface area (Å²) in [7, 11) is 1.53. The molecular weight excluding hydrogens is 316 g/mol. The lowest BCUT2D eigenvalue weighted by atomic mass is 10.2. The van der Waals surface area contributed by atoms with Gasteiger partial charge in [0, 0.05) is 4.47 Å². The second-order valence-corrected chi connectivity index (χ2v) is 4.72. The summed E-state index contributed by atoms with van der Waals surface area (Å²) in [4.78, 5) is 11.0. The number of methoxy groups -OCH3 is 1. The zero-order valence-corrected chi connectivity index (χ0v) is 11.8. The Hall–Kier alpha value is -1.96. The van der Waals surface area contributed by atoms with E-state index in [0.717, 1.165) is 4.47 Å². The van der Waals surface area contributed by atoms with Crippen molar-refractivity contribution in [3.05, 3.63) is 22.7 Å². The lowest BCUT2D eigenvalue weighted by Gasteiger charge is -2.11. The van der Waals surface area contributed by atoms with Crippen LogP contribution in [-0.2, 0) is 4.79 Å². The summed E-state index contributed by atoms with van der Waals surface area (Å²) in [6.45, 7) is 1.51. The van der Waals surface area contributed by atoms with Gasteiger partial charge in [0.25, 0.3) is 0 Å². The van der Waals surface area contributed by atoms with Gasteiger partial charge in [0.15, 0.2) is 11.9 Å². The number of nitrogens with zero attached hydrogens (tertiary/aromatic N) is 4. The summed E-state index contributed by atoms with van der Waals surface area (Å²) in [6, 6.07) is 4.47. The summed E-state index contributed by atoms with van der Waals surface area (Å²) in [5.74, 6) is -0.105. The molecular formula is C11H11BrN4O3. The Labute approximate surface area is 117 Å². The summed E-state index contributed by atoms with van der Waals surface area (Å²) in [5, 5.41) is 20.2. The number of benzene rings is 1. The van der Waals surface area contributed by atoms with E-state index in [2.05, 4.69) is 31.5 Å². The Balaban J connectivity index is 2.54. The fourth-order valence-electron chi connectivity index (χ4n) is 1.59. The molecule has 0 radical (unpaired) electrons. The minimum absolute atomic E-state index is 0.347. The molecule has 1 aromatic heterocycles. The fraction of sp³-hybridized carbons (Fsp3) is 0.273. The van der Waals surface area contributed by atoms with Crippen LogP contribution in [0.1, 0.15) is 13.0 Å². The second kappa shape index (κ2) is 5.35. The van der Waals surface area contributed by atoms with E-state index in [9.17, 15) is 4.79 Å². The maximum Gasteiger partial charge on any atom is 0.328 e. The predicted molar refractivity (Wildman–Crippen MR) is 69.9 cm³/mol. The second-order valence-electron chi connectivity index (χ2n) is 3.81. The topological polar surface area (TPSA) is 90.1 Å². The van der Waals surface area contributed by atoms with Gasteiger partial charge >= 0.3 is 5.97 Å². The van der Waals surface area contributed by atoms with E-state index in [0.29, 0.717) is 17.1 Å². The number of aliphatic carboxylic acids is 1. The molecule has 1 aromatic carbocycles. The van der Waals surface area contributed by atoms with Crippen molar-refractivity contribution in [2.24, 2.45) is 0 Å². The van der Waals surface area contributed by atoms with E-state index in [-0.39, 0.29) is 0 Å². The normalized spacial score (nSPS) is 12.2. The maximum atomic E-state index is 11.0. The summed E-state index contributed by atoms with van der Waals surface area (Å²) in [5.41, 5.74) is 0.629. The van der Waals surface area contributed by atoms with Crippen LogP contribution in [0, 0.1) is 0 Å². The number of ether oxygens (including phenoxy) is 1. The smallest absolute Gasteiger partial charge is 0.328 e. The zero-order chi connectivity index (χ0) is 14.0. The number of rotatable bonds is 4. The van der Waals surface area contributed by atoms with Gasteiger partial charge in [-0.1, -0.05) is 15.9 Å². The molecule has 0 fully saturated rings. The van der Waals surface area contributed by atoms with Crippen LogP contribution < -0.4 is 4.74 Å². The largest absolute Gasteiger partial charge is 0.496 e. The lowest BCUT2D eigenvalue weighted by Crippen LogP contribution is -2.18. The van der Waals surface area contributed by atoms with E-state index < -0.39 is 12.0 Å². The number of carboxylic acids is 1. The lowest BCUT2D eigenvalue weighted by molar-refractivity contribution is -0.140. The van der Waals surface area contributed by atoms with Crippen molar-refractivity contribution in [3.8, 4) is 17.1 Å². The number of carbonyl (C=O) groups is 1. The van der Waals surface area contributed by atoms with E-state index in [1.807, 2.05) is 6.07 Å². The van der Waals surface area contributed by atoms with Crippen LogP contribution in [0.4, 0.5) is 0 Å². The predicted octanol–water partition coefficient (Wildman–Crippen LogP) is 1.76. The van der Waals surface area contributed by atoms with Crippen LogP contribution >= 0.6 is 15.9 Å². The Morgan fingerprint density at radius 3 is 2.89 bits per heavy atom. The van der Waals surface area contributed by atoms with E-state index >= 15 is 0 Å². The van der Waals surface area contributed by atoms with Crippen LogP contribution in [0.5, 0.6) is 5.75 Å². The van der Waals surface area contributed by atoms with E-state index in [4.69, 9.17) is 9.84 Å². The van der Waals surface area contributed by atoms with Crippen LogP contribution in [0.25, 0.3) is 11.4 Å². The Morgan fingerprint density at radius 1 is 1.53 bits per heavy atom. The highest BCUT2D eigenvalue weighted by atomic mass is 79.9. The summed E-state index contributed by atoms with van der Waals surface area (Å²) < 4.78 is 7.35. The van der Waals surface area contributed by atoms with Gasteiger partial charge in [-0.25, -0.2) is 9.48 Å². The molecule has 1 heterocycles. The minimum atomic E-state index is -1.01. The molecule has 2 aromatic rings. The van der Waals surface area contributed by atoms with Crippen LogP contribution in [-0.4, -0.2) is 38.4 Å². The number of aromatic nitrogens is 4. The molecule has 2 rings (SSSR count). The standard InChI is InChI=1S/C11H11BrN4O3/c1-6(11(17)18)16-10(13-14-15-16)8-4-3-7(12)5-9(8)19-2/h3-6H,1-2H3,(H,17,18). The first-order valence-electron chi connectivity index (χ1n) is 5.39. The van der Waals surface area contributed by atoms with Crippen molar-refractivity contribution in [3.63, 3.8) is 0 Å². The molecule has 0 aliphatic carbocycles. The molecule has 0 aliphatic heterocycles. The van der Waals surface area contributed by atoms with Gasteiger partial charge in [-0.3, -0.25) is 0 Å². The molecule has 19 heavy (non-hydrogen) atoms. The molecule has 1 atom stereocenters. The average molecular weight is 327 g/mol. The third-order valence-corrected chi connectivity index (χ3v) is 3.11. The Kier molecular flexibility index (Phi) is 3.79. The van der Waals surface area contributed by atoms with Gasteiger partial charge in [-0.2, -0.15) is 0 Å². The van der Waals surface area contributed by atoms with Crippen molar-refractivity contribution in [2.45, 2.75) is 13.0 Å². The molecule has 7 nitrogen and oxygen atoms in total. The van der Waals surface area contributed by atoms with Crippen molar-refractivity contribution in [1.82, 2.24) is 20.2 Å². The molecule has 0 bridgehead atoms. The fourth-order valence-corrected chi connectivity index (χ4v) is 1.93. The van der Waals surface area contributed by atoms with Gasteiger partial charge in [-0.15, -0.1) is 5.10 Å². The molecule has 8 heteroatoms. The Bertz CT molecular complexity index is 614. The number of carboxylic acid groups (broad SMARTS) is 1. The first-order chi connectivity index (χ1) is 9.04. The molecule has 0 amide bonds. The summed E-state index contributed by atoms with van der Waals surface area (Å²) >= 11 is 3.34. The number of hydrogen-bond donors (Lipinski definition) is 1. The zero-order valence-electron chi connectivity index (χ0n) is 10.2. The summed E-state index contributed by atoms with van der Waals surface area (Å²) in [6.07, 6.45) is 0. The van der Waals surface area contributed by atoms with Gasteiger partial charge in [-0.05, 0) is 35.5 Å². The van der Waals surface area contributed by atoms with Crippen LogP contribution in [0.2, 0.25) is 0 Å². The first-order valence-corrected chi connectivity index (χ1v) is 6.18. The third kappa shape index (κ3) is 2.58. The molecule has 1 unspecified atom stereocenters. The van der Waals surface area contributed by atoms with Gasteiger partial charge in [0.2, 0.25) is 0 Å². The SMILES string of the molecule is COc1cc(Br)ccc1-c1nnnn1C(C)C(=O)O. The van der Waals surface area contributed by atoms with E-state index in [1.54, 1.807) is 12.1 Å². The third-order valence-electron chi connectivity index (χ3n) is 2.62. The number of hydrogen-bond acceptors (Lipinski definition) is 5. The first kappa shape index (κ1) is 13.5. The maximum absolute atomic E-state index is 11.0. The molecule has 0 saturated carbocycles.